The number of piperidine rings is 1. The van der Waals surface area contributed by atoms with Crippen molar-refractivity contribution in [1.29, 1.82) is 0 Å². The number of amides is 1. The molecule has 26 heavy (non-hydrogen) atoms. The molecule has 0 aliphatic carbocycles. The van der Waals surface area contributed by atoms with Crippen molar-refractivity contribution in [3.05, 3.63) is 11.6 Å². The fraction of sp³-hybridized carbons (Fsp3) is 0.833. The molecule has 2 aliphatic rings. The number of hydrogen-bond donors (Lipinski definition) is 0. The van der Waals surface area contributed by atoms with Crippen LogP contribution in [0.2, 0.25) is 0 Å². The topological polar surface area (TPSA) is 63.5 Å². The lowest BCUT2D eigenvalue weighted by atomic mass is 9.96. The zero-order chi connectivity index (χ0) is 18.5. The van der Waals surface area contributed by atoms with Gasteiger partial charge in [-0.15, -0.1) is 22.0 Å². The third-order valence-electron chi connectivity index (χ3n) is 5.22. The first-order valence-corrected chi connectivity index (χ1v) is 10.7. The third-order valence-corrected chi connectivity index (χ3v) is 6.30. The summed E-state index contributed by atoms with van der Waals surface area (Å²) in [5, 5.41) is 9.42. The molecule has 2 saturated heterocycles. The number of rotatable bonds is 6. The van der Waals surface area contributed by atoms with Gasteiger partial charge in [0.15, 0.2) is 0 Å². The summed E-state index contributed by atoms with van der Waals surface area (Å²) in [4.78, 5) is 16.7. The fourth-order valence-electron chi connectivity index (χ4n) is 3.54. The Bertz CT molecular complexity index is 592. The Balaban J connectivity index is 1.52. The molecule has 1 aromatic rings. The standard InChI is InChI=1S/C18H31N5O2S/c1-14(2)26-13-17(24)23-6-4-15(5-7-23)18-20-19-16(21(18)3)12-22-8-10-25-11-9-22/h14-15H,4-13H2,1-3H3. The van der Waals surface area contributed by atoms with E-state index in [2.05, 4.69) is 40.6 Å². The Hall–Kier alpha value is -1.12. The summed E-state index contributed by atoms with van der Waals surface area (Å²) >= 11 is 1.72. The summed E-state index contributed by atoms with van der Waals surface area (Å²) in [6, 6.07) is 0. The molecule has 0 bridgehead atoms. The smallest absolute Gasteiger partial charge is 0.232 e. The molecule has 146 valence electrons. The number of thioether (sulfide) groups is 1. The summed E-state index contributed by atoms with van der Waals surface area (Å²) in [5.74, 6) is 3.35. The van der Waals surface area contributed by atoms with Crippen LogP contribution in [0.1, 0.15) is 44.3 Å². The van der Waals surface area contributed by atoms with Crippen LogP contribution in [0.5, 0.6) is 0 Å². The van der Waals surface area contributed by atoms with Crippen molar-refractivity contribution in [2.75, 3.05) is 45.1 Å². The van der Waals surface area contributed by atoms with Crippen LogP contribution in [-0.2, 0) is 23.1 Å². The summed E-state index contributed by atoms with van der Waals surface area (Å²) in [6.07, 6.45) is 1.95. The van der Waals surface area contributed by atoms with E-state index in [4.69, 9.17) is 4.74 Å². The number of morpholine rings is 1. The molecule has 0 atom stereocenters. The number of likely N-dealkylation sites (tertiary alicyclic amines) is 1. The lowest BCUT2D eigenvalue weighted by Gasteiger charge is -2.31. The Morgan fingerprint density at radius 2 is 1.88 bits per heavy atom. The second-order valence-electron chi connectivity index (χ2n) is 7.44. The van der Waals surface area contributed by atoms with E-state index >= 15 is 0 Å². The molecule has 0 N–H and O–H groups in total. The van der Waals surface area contributed by atoms with Crippen LogP contribution in [0, 0.1) is 0 Å². The van der Waals surface area contributed by atoms with Crippen LogP contribution in [0.3, 0.4) is 0 Å². The van der Waals surface area contributed by atoms with E-state index in [1.165, 1.54) is 0 Å². The first-order chi connectivity index (χ1) is 12.5. The highest BCUT2D eigenvalue weighted by Gasteiger charge is 2.27. The second-order valence-corrected chi connectivity index (χ2v) is 9.00. The van der Waals surface area contributed by atoms with E-state index in [1.54, 1.807) is 11.8 Å². The number of ether oxygens (including phenoxy) is 1. The van der Waals surface area contributed by atoms with Gasteiger partial charge in [0, 0.05) is 39.1 Å². The lowest BCUT2D eigenvalue weighted by Crippen LogP contribution is -2.39. The normalized spacial score (nSPS) is 20.1. The van der Waals surface area contributed by atoms with Gasteiger partial charge in [-0.2, -0.15) is 0 Å². The fourth-order valence-corrected chi connectivity index (χ4v) is 4.20. The predicted molar refractivity (Wildman–Crippen MR) is 103 cm³/mol. The monoisotopic (exact) mass is 381 g/mol. The van der Waals surface area contributed by atoms with E-state index in [-0.39, 0.29) is 5.91 Å². The quantitative estimate of drug-likeness (QED) is 0.744. The molecule has 3 heterocycles. The molecule has 0 radical (unpaired) electrons. The highest BCUT2D eigenvalue weighted by molar-refractivity contribution is 8.00. The second kappa shape index (κ2) is 9.19. The molecule has 3 rings (SSSR count). The summed E-state index contributed by atoms with van der Waals surface area (Å²) in [5.41, 5.74) is 0. The van der Waals surface area contributed by atoms with Gasteiger partial charge in [-0.3, -0.25) is 9.69 Å². The van der Waals surface area contributed by atoms with Crippen molar-refractivity contribution >= 4 is 17.7 Å². The van der Waals surface area contributed by atoms with Gasteiger partial charge in [-0.05, 0) is 18.1 Å². The highest BCUT2D eigenvalue weighted by Crippen LogP contribution is 2.27. The van der Waals surface area contributed by atoms with E-state index < -0.39 is 0 Å². The van der Waals surface area contributed by atoms with Gasteiger partial charge in [-0.25, -0.2) is 0 Å². The molecule has 0 unspecified atom stereocenters. The van der Waals surface area contributed by atoms with Crippen molar-refractivity contribution < 1.29 is 9.53 Å². The molecule has 0 saturated carbocycles. The summed E-state index contributed by atoms with van der Waals surface area (Å²) in [6.45, 7) is 10.3. The molecule has 0 aromatic carbocycles. The minimum absolute atomic E-state index is 0.271. The number of aromatic nitrogens is 3. The van der Waals surface area contributed by atoms with Gasteiger partial charge >= 0.3 is 0 Å². The van der Waals surface area contributed by atoms with Gasteiger partial charge in [0.05, 0.1) is 25.5 Å². The molecule has 8 heteroatoms. The Morgan fingerprint density at radius 1 is 1.19 bits per heavy atom. The molecule has 1 amide bonds. The maximum absolute atomic E-state index is 12.3. The number of carbonyl (C=O) groups excluding carboxylic acids is 1. The maximum atomic E-state index is 12.3. The van der Waals surface area contributed by atoms with Crippen molar-refractivity contribution in [3.8, 4) is 0 Å². The zero-order valence-electron chi connectivity index (χ0n) is 16.2. The first kappa shape index (κ1) is 19.6. The number of nitrogens with zero attached hydrogens (tertiary/aromatic N) is 5. The molecule has 2 fully saturated rings. The van der Waals surface area contributed by atoms with Crippen molar-refractivity contribution in [2.24, 2.45) is 7.05 Å². The van der Waals surface area contributed by atoms with Gasteiger partial charge < -0.3 is 14.2 Å². The average molecular weight is 382 g/mol. The Labute approximate surface area is 160 Å². The van der Waals surface area contributed by atoms with Crippen LogP contribution >= 0.6 is 11.8 Å². The van der Waals surface area contributed by atoms with Gasteiger partial charge in [-0.1, -0.05) is 13.8 Å². The predicted octanol–water partition coefficient (Wildman–Crippen LogP) is 1.49. The number of hydrogen-bond acceptors (Lipinski definition) is 6. The van der Waals surface area contributed by atoms with Crippen LogP contribution < -0.4 is 0 Å². The van der Waals surface area contributed by atoms with Gasteiger partial charge in [0.25, 0.3) is 0 Å². The van der Waals surface area contributed by atoms with Gasteiger partial charge in [0.1, 0.15) is 11.6 Å². The molecular formula is C18H31N5O2S. The minimum atomic E-state index is 0.271. The molecule has 1 aromatic heterocycles. The molecule has 7 nitrogen and oxygen atoms in total. The minimum Gasteiger partial charge on any atom is -0.379 e. The van der Waals surface area contributed by atoms with Crippen LogP contribution in [-0.4, -0.2) is 80.9 Å². The first-order valence-electron chi connectivity index (χ1n) is 9.62. The zero-order valence-corrected chi connectivity index (χ0v) is 17.0. The van der Waals surface area contributed by atoms with Crippen molar-refractivity contribution in [1.82, 2.24) is 24.6 Å². The molecule has 2 aliphatic heterocycles. The lowest BCUT2D eigenvalue weighted by molar-refractivity contribution is -0.129. The highest BCUT2D eigenvalue weighted by atomic mass is 32.2. The van der Waals surface area contributed by atoms with Gasteiger partial charge in [0.2, 0.25) is 5.91 Å². The van der Waals surface area contributed by atoms with Crippen LogP contribution in [0.4, 0.5) is 0 Å². The Kier molecular flexibility index (Phi) is 6.94. The SMILES string of the molecule is CC(C)SCC(=O)N1CCC(c2nnc(CN3CCOCC3)n2C)CC1. The van der Waals surface area contributed by atoms with E-state index in [0.717, 1.165) is 70.4 Å². The molecule has 0 spiro atoms. The summed E-state index contributed by atoms with van der Waals surface area (Å²) < 4.78 is 7.57. The Morgan fingerprint density at radius 3 is 2.54 bits per heavy atom. The molecular weight excluding hydrogens is 350 g/mol. The van der Waals surface area contributed by atoms with Crippen molar-refractivity contribution in [2.45, 2.75) is 44.4 Å². The van der Waals surface area contributed by atoms with E-state index in [9.17, 15) is 4.79 Å². The van der Waals surface area contributed by atoms with Crippen molar-refractivity contribution in [3.63, 3.8) is 0 Å². The largest absolute Gasteiger partial charge is 0.379 e. The van der Waals surface area contributed by atoms with E-state index in [1.807, 2.05) is 4.90 Å². The number of carbonyl (C=O) groups is 1. The van der Waals surface area contributed by atoms with Crippen LogP contribution in [0.15, 0.2) is 0 Å². The summed E-state index contributed by atoms with van der Waals surface area (Å²) in [7, 11) is 2.07. The third kappa shape index (κ3) is 4.98. The average Bonchev–Trinajstić information content (AvgIpc) is 3.01. The maximum Gasteiger partial charge on any atom is 0.232 e. The van der Waals surface area contributed by atoms with E-state index in [0.29, 0.717) is 16.9 Å². The van der Waals surface area contributed by atoms with Crippen LogP contribution in [0.25, 0.3) is 0 Å².